The number of nitrogens with one attached hydrogen (secondary N) is 1. The summed E-state index contributed by atoms with van der Waals surface area (Å²) >= 11 is 0. The van der Waals surface area contributed by atoms with Crippen LogP contribution in [0.4, 0.5) is 0 Å². The molecule has 0 saturated heterocycles. The molecule has 0 rings (SSSR count). The Labute approximate surface area is 235 Å². The van der Waals surface area contributed by atoms with Crippen molar-refractivity contribution in [1.29, 1.82) is 0 Å². The minimum atomic E-state index is -3.47. The average Bonchev–Trinajstić information content (AvgIpc) is 2.71. The van der Waals surface area contributed by atoms with Crippen molar-refractivity contribution in [3.63, 3.8) is 0 Å². The minimum absolute atomic E-state index is 0. The van der Waals surface area contributed by atoms with E-state index < -0.39 is 22.5 Å². The Bertz CT molecular complexity index is 486. The summed E-state index contributed by atoms with van der Waals surface area (Å²) in [5.74, 6) is -1.40. The van der Waals surface area contributed by atoms with Crippen LogP contribution in [0.1, 0.15) is 135 Å². The molecule has 7 heteroatoms. The molecule has 0 aliphatic rings. The molecule has 5 nitrogen and oxygen atoms in total. The largest absolute Gasteiger partial charge is 1.00 e. The number of hydrogen-bond acceptors (Lipinski definition) is 4. The van der Waals surface area contributed by atoms with Crippen LogP contribution in [0.3, 0.4) is 0 Å². The van der Waals surface area contributed by atoms with E-state index in [1.165, 1.54) is 103 Å². The van der Waals surface area contributed by atoms with Gasteiger partial charge in [-0.05, 0) is 6.42 Å². The molecule has 0 saturated carbocycles. The number of carboxylic acid groups (broad SMARTS) is 1. The summed E-state index contributed by atoms with van der Waals surface area (Å²) < 4.78 is 25.1. The molecule has 31 heavy (non-hydrogen) atoms. The Morgan fingerprint density at radius 3 is 1.19 bits per heavy atom. The van der Waals surface area contributed by atoms with Crippen molar-refractivity contribution in [2.45, 2.75) is 135 Å². The van der Waals surface area contributed by atoms with Gasteiger partial charge in [-0.1, -0.05) is 129 Å². The second-order valence-corrected chi connectivity index (χ2v) is 10.7. The average molecular weight is 486 g/mol. The topological polar surface area (TPSA) is 86.3 Å². The summed E-state index contributed by atoms with van der Waals surface area (Å²) in [4.78, 5) is 10.3. The summed E-state index contributed by atoms with van der Waals surface area (Å²) in [6.07, 6.45) is 25.7. The van der Waals surface area contributed by atoms with Crippen LogP contribution in [0.15, 0.2) is 0 Å². The number of carbonyl (C=O) groups is 1. The fourth-order valence-corrected chi connectivity index (χ4v) is 4.85. The van der Waals surface area contributed by atoms with Gasteiger partial charge < -0.3 is 9.90 Å². The molecule has 0 fully saturated rings. The molecule has 0 atom stereocenters. The molecule has 0 aliphatic heterocycles. The SMILES string of the molecule is CCCCCCCCCCCCCCCCCCCCCCS(=O)(=O)NCC(=O)[O-].[K+]. The van der Waals surface area contributed by atoms with Gasteiger partial charge in [0.05, 0.1) is 18.3 Å². The predicted octanol–water partition coefficient (Wildman–Crippen LogP) is 2.48. The Hall–Kier alpha value is 1.02. The Morgan fingerprint density at radius 2 is 0.903 bits per heavy atom. The third kappa shape index (κ3) is 29.0. The van der Waals surface area contributed by atoms with Gasteiger partial charge in [0.25, 0.3) is 0 Å². The first-order valence-electron chi connectivity index (χ1n) is 12.6. The number of rotatable bonds is 24. The summed E-state index contributed by atoms with van der Waals surface area (Å²) in [7, 11) is -3.47. The Kier molecular flexibility index (Phi) is 28.3. The number of sulfonamides is 1. The molecule has 0 amide bonds. The van der Waals surface area contributed by atoms with Crippen molar-refractivity contribution in [2.75, 3.05) is 12.3 Å². The van der Waals surface area contributed by atoms with Crippen molar-refractivity contribution >= 4 is 16.0 Å². The van der Waals surface area contributed by atoms with Crippen LogP contribution in [-0.4, -0.2) is 26.7 Å². The van der Waals surface area contributed by atoms with E-state index in [2.05, 4.69) is 6.92 Å². The van der Waals surface area contributed by atoms with E-state index in [9.17, 15) is 18.3 Å². The van der Waals surface area contributed by atoms with Gasteiger partial charge in [0.15, 0.2) is 0 Å². The third-order valence-electron chi connectivity index (χ3n) is 5.70. The van der Waals surface area contributed by atoms with Gasteiger partial charge in [-0.2, -0.15) is 0 Å². The van der Waals surface area contributed by atoms with Crippen molar-refractivity contribution in [1.82, 2.24) is 4.72 Å². The van der Waals surface area contributed by atoms with Gasteiger partial charge in [0.2, 0.25) is 10.0 Å². The summed E-state index contributed by atoms with van der Waals surface area (Å²) in [6.45, 7) is 1.63. The van der Waals surface area contributed by atoms with E-state index in [4.69, 9.17) is 0 Å². The second-order valence-electron chi connectivity index (χ2n) is 8.73. The molecule has 0 aliphatic carbocycles. The Morgan fingerprint density at radius 1 is 0.613 bits per heavy atom. The Balaban J connectivity index is 0. The molecule has 0 spiro atoms. The van der Waals surface area contributed by atoms with Crippen LogP contribution in [0.25, 0.3) is 0 Å². The fraction of sp³-hybridized carbons (Fsp3) is 0.958. The van der Waals surface area contributed by atoms with E-state index in [0.717, 1.165) is 19.3 Å². The van der Waals surface area contributed by atoms with Gasteiger partial charge in [-0.15, -0.1) is 0 Å². The van der Waals surface area contributed by atoms with E-state index >= 15 is 0 Å². The molecule has 0 heterocycles. The van der Waals surface area contributed by atoms with Gasteiger partial charge in [0, 0.05) is 0 Å². The van der Waals surface area contributed by atoms with E-state index in [-0.39, 0.29) is 57.1 Å². The third-order valence-corrected chi connectivity index (χ3v) is 7.11. The van der Waals surface area contributed by atoms with Crippen LogP contribution in [0.5, 0.6) is 0 Å². The zero-order valence-electron chi connectivity index (χ0n) is 20.6. The maximum absolute atomic E-state index is 11.5. The number of carbonyl (C=O) groups excluding carboxylic acids is 1. The number of aliphatic carboxylic acids is 1. The van der Waals surface area contributed by atoms with Crippen molar-refractivity contribution in [2.24, 2.45) is 0 Å². The first kappa shape index (κ1) is 34.2. The van der Waals surface area contributed by atoms with Crippen molar-refractivity contribution in [3.8, 4) is 0 Å². The van der Waals surface area contributed by atoms with Crippen molar-refractivity contribution in [3.05, 3.63) is 0 Å². The summed E-state index contributed by atoms with van der Waals surface area (Å²) in [5.41, 5.74) is 0. The molecular weight excluding hydrogens is 437 g/mol. The van der Waals surface area contributed by atoms with Gasteiger partial charge in [0.1, 0.15) is 0 Å². The summed E-state index contributed by atoms with van der Waals surface area (Å²) in [6, 6.07) is 0. The zero-order chi connectivity index (χ0) is 22.3. The first-order chi connectivity index (χ1) is 14.5. The smallest absolute Gasteiger partial charge is 0.549 e. The fourth-order valence-electron chi connectivity index (χ4n) is 3.79. The van der Waals surface area contributed by atoms with E-state index in [1.54, 1.807) is 0 Å². The van der Waals surface area contributed by atoms with Crippen molar-refractivity contribution < 1.29 is 69.7 Å². The summed E-state index contributed by atoms with van der Waals surface area (Å²) in [5, 5.41) is 10.3. The second kappa shape index (κ2) is 25.6. The number of hydrogen-bond donors (Lipinski definition) is 1. The molecule has 0 unspecified atom stereocenters. The predicted molar refractivity (Wildman–Crippen MR) is 125 cm³/mol. The molecule has 0 aromatic carbocycles. The molecule has 180 valence electrons. The first-order valence-corrected chi connectivity index (χ1v) is 14.3. The van der Waals surface area contributed by atoms with E-state index in [1.807, 2.05) is 4.72 Å². The van der Waals surface area contributed by atoms with Gasteiger partial charge in [-0.25, -0.2) is 13.1 Å². The van der Waals surface area contributed by atoms with Gasteiger partial charge >= 0.3 is 51.4 Å². The maximum atomic E-state index is 11.5. The molecule has 0 bridgehead atoms. The quantitative estimate of drug-likeness (QED) is 0.168. The normalized spacial score (nSPS) is 11.4. The van der Waals surface area contributed by atoms with Crippen LogP contribution >= 0.6 is 0 Å². The minimum Gasteiger partial charge on any atom is -0.549 e. The number of unbranched alkanes of at least 4 members (excludes halogenated alkanes) is 19. The maximum Gasteiger partial charge on any atom is 1.00 e. The standard InChI is InChI=1S/C24H49NO4S.K/c1-2-3-4-5-6-7-8-9-10-11-12-13-14-15-16-17-18-19-20-21-22-30(28,29)25-23-24(26)27;/h25H,2-23H2,1H3,(H,26,27);/q;+1/p-1. The molecule has 1 N–H and O–H groups in total. The molecule has 0 aromatic heterocycles. The molecule has 0 radical (unpaired) electrons. The van der Waals surface area contributed by atoms with Crippen LogP contribution in [0.2, 0.25) is 0 Å². The molecular formula is C24H48KNO4S. The van der Waals surface area contributed by atoms with E-state index in [0.29, 0.717) is 6.42 Å². The monoisotopic (exact) mass is 485 g/mol. The van der Waals surface area contributed by atoms with Crippen LogP contribution in [-0.2, 0) is 14.8 Å². The zero-order valence-corrected chi connectivity index (χ0v) is 24.5. The van der Waals surface area contributed by atoms with Crippen LogP contribution < -0.4 is 61.2 Å². The number of carboxylic acids is 1. The van der Waals surface area contributed by atoms with Gasteiger partial charge in [-0.3, -0.25) is 0 Å². The molecule has 0 aromatic rings. The van der Waals surface area contributed by atoms with Crippen LogP contribution in [0, 0.1) is 0 Å².